The maximum Gasteiger partial charge on any atom is 0.293 e. The van der Waals surface area contributed by atoms with Gasteiger partial charge in [0, 0.05) is 21.6 Å². The second kappa shape index (κ2) is 8.12. The van der Waals surface area contributed by atoms with Gasteiger partial charge < -0.3 is 5.11 Å². The minimum Gasteiger partial charge on any atom is -0.854 e. The molecule has 148 valence electrons. The SMILES string of the molecule is CCCC(=O)N1c2ccccc2-c2c([O-])nc(SC)n[n+]2C1c1cccc(Br)c1. The number of thioether (sulfide) groups is 1. The van der Waals surface area contributed by atoms with Gasteiger partial charge in [-0.05, 0) is 36.9 Å². The largest absolute Gasteiger partial charge is 0.854 e. The van der Waals surface area contributed by atoms with E-state index in [9.17, 15) is 9.90 Å². The highest BCUT2D eigenvalue weighted by atomic mass is 79.9. The first-order valence-corrected chi connectivity index (χ1v) is 11.3. The van der Waals surface area contributed by atoms with Crippen LogP contribution in [0.3, 0.4) is 0 Å². The second-order valence-corrected chi connectivity index (χ2v) is 8.35. The predicted octanol–water partition coefficient (Wildman–Crippen LogP) is 3.68. The molecular weight excluding hydrogens is 452 g/mol. The van der Waals surface area contributed by atoms with Crippen molar-refractivity contribution in [3.05, 3.63) is 58.6 Å². The van der Waals surface area contributed by atoms with Crippen molar-refractivity contribution in [3.63, 3.8) is 0 Å². The summed E-state index contributed by atoms with van der Waals surface area (Å²) >= 11 is 4.82. The number of halogens is 1. The van der Waals surface area contributed by atoms with Crippen LogP contribution in [0.25, 0.3) is 11.3 Å². The van der Waals surface area contributed by atoms with Crippen LogP contribution in [0.2, 0.25) is 0 Å². The summed E-state index contributed by atoms with van der Waals surface area (Å²) in [6.45, 7) is 1.98. The Hall–Kier alpha value is -2.45. The average Bonchev–Trinajstić information content (AvgIpc) is 2.72. The zero-order valence-corrected chi connectivity index (χ0v) is 18.4. The molecule has 4 rings (SSSR count). The Morgan fingerprint density at radius 2 is 2.07 bits per heavy atom. The summed E-state index contributed by atoms with van der Waals surface area (Å²) in [7, 11) is 0. The fourth-order valence-corrected chi connectivity index (χ4v) is 4.35. The predicted molar refractivity (Wildman–Crippen MR) is 114 cm³/mol. The number of benzene rings is 2. The Labute approximate surface area is 181 Å². The maximum atomic E-state index is 13.3. The summed E-state index contributed by atoms with van der Waals surface area (Å²) in [6, 6.07) is 15.2. The van der Waals surface area contributed by atoms with Crippen molar-refractivity contribution in [2.75, 3.05) is 11.2 Å². The van der Waals surface area contributed by atoms with Gasteiger partial charge in [-0.25, -0.2) is 9.88 Å². The number of amides is 1. The van der Waals surface area contributed by atoms with E-state index in [0.29, 0.717) is 28.5 Å². The topological polar surface area (TPSA) is 73.0 Å². The molecule has 3 aromatic rings. The molecule has 0 saturated heterocycles. The first kappa shape index (κ1) is 19.8. The zero-order chi connectivity index (χ0) is 20.5. The van der Waals surface area contributed by atoms with Crippen LogP contribution in [0.1, 0.15) is 31.5 Å². The molecule has 0 fully saturated rings. The fourth-order valence-electron chi connectivity index (χ4n) is 3.59. The highest BCUT2D eigenvalue weighted by molar-refractivity contribution is 9.10. The number of hydrogen-bond acceptors (Lipinski definition) is 5. The molecule has 2 heterocycles. The van der Waals surface area contributed by atoms with E-state index in [-0.39, 0.29) is 11.8 Å². The molecule has 1 unspecified atom stereocenters. The lowest BCUT2D eigenvalue weighted by atomic mass is 10.0. The van der Waals surface area contributed by atoms with E-state index in [0.717, 1.165) is 16.5 Å². The number of carbonyl (C=O) groups excluding carboxylic acids is 1. The van der Waals surface area contributed by atoms with Crippen LogP contribution in [-0.4, -0.2) is 22.2 Å². The molecule has 1 atom stereocenters. The molecule has 1 aromatic heterocycles. The number of fused-ring (bicyclic) bond motifs is 3. The van der Waals surface area contributed by atoms with Gasteiger partial charge in [-0.1, -0.05) is 63.6 Å². The van der Waals surface area contributed by atoms with E-state index in [1.54, 1.807) is 9.58 Å². The molecule has 1 amide bonds. The third-order valence-electron chi connectivity index (χ3n) is 4.78. The van der Waals surface area contributed by atoms with Gasteiger partial charge in [-0.2, -0.15) is 0 Å². The van der Waals surface area contributed by atoms with Crippen LogP contribution in [-0.2, 0) is 4.79 Å². The number of para-hydroxylation sites is 1. The average molecular weight is 471 g/mol. The van der Waals surface area contributed by atoms with Crippen molar-refractivity contribution in [1.82, 2.24) is 10.1 Å². The summed E-state index contributed by atoms with van der Waals surface area (Å²) in [6.07, 6.45) is 2.39. The minimum absolute atomic E-state index is 0.0140. The molecule has 29 heavy (non-hydrogen) atoms. The van der Waals surface area contributed by atoms with Crippen LogP contribution in [0.4, 0.5) is 5.69 Å². The quantitative estimate of drug-likeness (QED) is 0.429. The summed E-state index contributed by atoms with van der Waals surface area (Å²) in [5.41, 5.74) is 2.62. The van der Waals surface area contributed by atoms with Crippen molar-refractivity contribution in [1.29, 1.82) is 0 Å². The van der Waals surface area contributed by atoms with Gasteiger partial charge >= 0.3 is 0 Å². The molecule has 1 aliphatic heterocycles. The maximum absolute atomic E-state index is 13.3. The van der Waals surface area contributed by atoms with Gasteiger partial charge in [0.05, 0.1) is 17.1 Å². The van der Waals surface area contributed by atoms with Crippen molar-refractivity contribution in [3.8, 4) is 17.1 Å². The smallest absolute Gasteiger partial charge is 0.293 e. The Balaban J connectivity index is 2.05. The van der Waals surface area contributed by atoms with Crippen molar-refractivity contribution in [2.24, 2.45) is 0 Å². The van der Waals surface area contributed by atoms with Crippen LogP contribution in [0.5, 0.6) is 5.88 Å². The number of hydrogen-bond donors (Lipinski definition) is 0. The monoisotopic (exact) mass is 470 g/mol. The van der Waals surface area contributed by atoms with E-state index in [4.69, 9.17) is 0 Å². The molecule has 8 heteroatoms. The molecule has 0 N–H and O–H groups in total. The third-order valence-corrected chi connectivity index (χ3v) is 5.81. The van der Waals surface area contributed by atoms with E-state index < -0.39 is 6.17 Å². The normalized spacial score (nSPS) is 15.0. The van der Waals surface area contributed by atoms with Crippen molar-refractivity contribution >= 4 is 39.3 Å². The lowest BCUT2D eigenvalue weighted by Gasteiger charge is -2.33. The van der Waals surface area contributed by atoms with E-state index >= 15 is 0 Å². The Morgan fingerprint density at radius 1 is 1.28 bits per heavy atom. The molecule has 0 radical (unpaired) electrons. The number of carbonyl (C=O) groups is 1. The number of anilines is 1. The van der Waals surface area contributed by atoms with Gasteiger partial charge in [0.25, 0.3) is 17.0 Å². The molecule has 6 nitrogen and oxygen atoms in total. The summed E-state index contributed by atoms with van der Waals surface area (Å²) in [5.74, 6) is -0.362. The molecular formula is C21H19BrN4O2S. The third kappa shape index (κ3) is 3.51. The van der Waals surface area contributed by atoms with Gasteiger partial charge in [0.2, 0.25) is 5.91 Å². The first-order chi connectivity index (χ1) is 14.0. The molecule has 2 aromatic carbocycles. The Kier molecular flexibility index (Phi) is 5.56. The van der Waals surface area contributed by atoms with Crippen molar-refractivity contribution < 1.29 is 14.6 Å². The van der Waals surface area contributed by atoms with Gasteiger partial charge in [-0.15, -0.1) is 0 Å². The highest BCUT2D eigenvalue weighted by Crippen LogP contribution is 2.41. The van der Waals surface area contributed by atoms with E-state index in [2.05, 4.69) is 26.0 Å². The number of aromatic nitrogens is 3. The second-order valence-electron chi connectivity index (χ2n) is 6.66. The summed E-state index contributed by atoms with van der Waals surface area (Å²) < 4.78 is 2.54. The van der Waals surface area contributed by atoms with Crippen LogP contribution < -0.4 is 14.7 Å². The minimum atomic E-state index is -0.571. The summed E-state index contributed by atoms with van der Waals surface area (Å²) in [4.78, 5) is 19.1. The molecule has 0 bridgehead atoms. The fraction of sp³-hybridized carbons (Fsp3) is 0.238. The van der Waals surface area contributed by atoms with Gasteiger partial charge in [0.15, 0.2) is 0 Å². The van der Waals surface area contributed by atoms with Gasteiger partial charge in [-0.3, -0.25) is 4.79 Å². The van der Waals surface area contributed by atoms with E-state index in [1.165, 1.54) is 11.8 Å². The Morgan fingerprint density at radius 3 is 2.79 bits per heavy atom. The molecule has 0 spiro atoms. The lowest BCUT2D eigenvalue weighted by molar-refractivity contribution is -0.764. The van der Waals surface area contributed by atoms with Crippen LogP contribution in [0.15, 0.2) is 58.2 Å². The molecule has 1 aliphatic rings. The van der Waals surface area contributed by atoms with Gasteiger partial charge in [0.1, 0.15) is 0 Å². The molecule has 0 saturated carbocycles. The lowest BCUT2D eigenvalue weighted by Crippen LogP contribution is -2.59. The summed E-state index contributed by atoms with van der Waals surface area (Å²) in [5, 5.41) is 18.0. The highest BCUT2D eigenvalue weighted by Gasteiger charge is 2.44. The Bertz CT molecular complexity index is 1090. The van der Waals surface area contributed by atoms with Crippen LogP contribution >= 0.6 is 27.7 Å². The standard InChI is InChI=1S/C21H19BrN4O2S/c1-3-7-17(27)25-16-11-5-4-10-15(16)18-19(28)23-21(29-2)24-26(18)20(25)13-8-6-9-14(22)12-13/h4-6,8-12,20H,3,7H2,1-2H3. The number of nitrogens with zero attached hydrogens (tertiary/aromatic N) is 4. The van der Waals surface area contributed by atoms with Crippen LogP contribution in [0, 0.1) is 0 Å². The first-order valence-electron chi connectivity index (χ1n) is 9.27. The zero-order valence-electron chi connectivity index (χ0n) is 16.0. The van der Waals surface area contributed by atoms with Crippen molar-refractivity contribution in [2.45, 2.75) is 31.1 Å². The molecule has 0 aliphatic carbocycles. The van der Waals surface area contributed by atoms with E-state index in [1.807, 2.05) is 61.7 Å². The number of rotatable bonds is 4.